The molecular weight excluding hydrogens is 420 g/mol. The lowest BCUT2D eigenvalue weighted by atomic mass is 10.0. The summed E-state index contributed by atoms with van der Waals surface area (Å²) in [5.41, 5.74) is 4.56. The number of anilines is 2. The van der Waals surface area contributed by atoms with Gasteiger partial charge in [0.05, 0.1) is 31.3 Å². The van der Waals surface area contributed by atoms with Crippen LogP contribution in [0.3, 0.4) is 0 Å². The van der Waals surface area contributed by atoms with Crippen molar-refractivity contribution >= 4 is 28.7 Å². The Morgan fingerprint density at radius 1 is 0.656 bits per heavy atom. The van der Waals surface area contributed by atoms with Gasteiger partial charge in [0.1, 0.15) is 0 Å². The van der Waals surface area contributed by atoms with Gasteiger partial charge < -0.3 is 9.47 Å². The summed E-state index contributed by atoms with van der Waals surface area (Å²) < 4.78 is 11.0. The Morgan fingerprint density at radius 3 is 1.72 bits per heavy atom. The molecule has 0 aliphatic rings. The number of hydrogen-bond acceptors (Lipinski definition) is 4. The smallest absolute Gasteiger partial charge is 0.162 e. The number of hydrogen-bond donors (Lipinski definition) is 0. The number of nitrogens with zero attached hydrogens (tertiary/aromatic N) is 2. The predicted molar refractivity (Wildman–Crippen MR) is 132 cm³/mol. The van der Waals surface area contributed by atoms with E-state index in [2.05, 4.69) is 24.3 Å². The van der Waals surface area contributed by atoms with E-state index in [1.54, 1.807) is 14.2 Å². The molecule has 0 heterocycles. The van der Waals surface area contributed by atoms with Crippen LogP contribution in [0.2, 0.25) is 5.02 Å². The lowest BCUT2D eigenvalue weighted by molar-refractivity contribution is 0.355. The Labute approximate surface area is 193 Å². The first-order valence-corrected chi connectivity index (χ1v) is 10.5. The van der Waals surface area contributed by atoms with Gasteiger partial charge in [0.2, 0.25) is 0 Å². The molecular formula is C27H23ClN2O2. The van der Waals surface area contributed by atoms with E-state index in [4.69, 9.17) is 26.2 Å². The van der Waals surface area contributed by atoms with Crippen molar-refractivity contribution in [3.63, 3.8) is 0 Å². The minimum absolute atomic E-state index is 0.625. The van der Waals surface area contributed by atoms with Gasteiger partial charge in [-0.2, -0.15) is 5.10 Å². The Morgan fingerprint density at radius 2 is 1.19 bits per heavy atom. The van der Waals surface area contributed by atoms with Crippen LogP contribution < -0.4 is 14.5 Å². The molecule has 0 aliphatic heterocycles. The number of ether oxygens (including phenoxy) is 2. The maximum Gasteiger partial charge on any atom is 0.162 e. The first-order valence-electron chi connectivity index (χ1n) is 10.2. The third kappa shape index (κ3) is 4.76. The quantitative estimate of drug-likeness (QED) is 0.229. The van der Waals surface area contributed by atoms with Crippen LogP contribution in [0.15, 0.2) is 108 Å². The van der Waals surface area contributed by atoms with Gasteiger partial charge in [-0.25, -0.2) is 5.01 Å². The fraction of sp³-hybridized carbons (Fsp3) is 0.0741. The largest absolute Gasteiger partial charge is 0.493 e. The fourth-order valence-electron chi connectivity index (χ4n) is 3.38. The van der Waals surface area contributed by atoms with Crippen molar-refractivity contribution in [2.24, 2.45) is 5.10 Å². The molecule has 0 aliphatic carbocycles. The molecule has 0 atom stereocenters. The molecule has 0 radical (unpaired) electrons. The summed E-state index contributed by atoms with van der Waals surface area (Å²) in [6.07, 6.45) is 0. The van der Waals surface area contributed by atoms with Gasteiger partial charge in [0.15, 0.2) is 11.5 Å². The van der Waals surface area contributed by atoms with E-state index in [1.807, 2.05) is 83.9 Å². The molecule has 4 rings (SSSR count). The summed E-state index contributed by atoms with van der Waals surface area (Å²) in [5.74, 6) is 1.28. The first-order chi connectivity index (χ1) is 15.7. The molecule has 4 aromatic rings. The normalized spacial score (nSPS) is 10.3. The molecule has 0 amide bonds. The minimum Gasteiger partial charge on any atom is -0.493 e. The average molecular weight is 443 g/mol. The van der Waals surface area contributed by atoms with E-state index >= 15 is 0 Å². The highest BCUT2D eigenvalue weighted by Crippen LogP contribution is 2.35. The third-order valence-corrected chi connectivity index (χ3v) is 5.23. The summed E-state index contributed by atoms with van der Waals surface area (Å²) in [6, 6.07) is 33.6. The second-order valence-corrected chi connectivity index (χ2v) is 7.44. The van der Waals surface area contributed by atoms with Gasteiger partial charge in [-0.15, -0.1) is 0 Å². The zero-order valence-electron chi connectivity index (χ0n) is 17.9. The number of hydrazone groups is 1. The predicted octanol–water partition coefficient (Wildman–Crippen LogP) is 6.95. The number of methoxy groups -OCH3 is 2. The van der Waals surface area contributed by atoms with Crippen LogP contribution >= 0.6 is 11.6 Å². The van der Waals surface area contributed by atoms with Crippen molar-refractivity contribution in [2.45, 2.75) is 0 Å². The summed E-state index contributed by atoms with van der Waals surface area (Å²) in [6.45, 7) is 0. The van der Waals surface area contributed by atoms with Crippen LogP contribution in [0.4, 0.5) is 11.4 Å². The molecule has 160 valence electrons. The molecule has 4 nitrogen and oxygen atoms in total. The van der Waals surface area contributed by atoms with Crippen molar-refractivity contribution in [1.82, 2.24) is 0 Å². The highest BCUT2D eigenvalue weighted by atomic mass is 35.5. The topological polar surface area (TPSA) is 34.1 Å². The van der Waals surface area contributed by atoms with E-state index in [0.717, 1.165) is 28.2 Å². The molecule has 0 fully saturated rings. The second-order valence-electron chi connectivity index (χ2n) is 7.01. The van der Waals surface area contributed by atoms with Crippen LogP contribution in [-0.4, -0.2) is 19.9 Å². The van der Waals surface area contributed by atoms with E-state index in [0.29, 0.717) is 16.5 Å². The third-order valence-electron chi connectivity index (χ3n) is 4.98. The van der Waals surface area contributed by atoms with Gasteiger partial charge in [0.25, 0.3) is 0 Å². The molecule has 0 unspecified atom stereocenters. The fourth-order valence-corrected chi connectivity index (χ4v) is 3.50. The van der Waals surface area contributed by atoms with E-state index in [1.165, 1.54) is 0 Å². The van der Waals surface area contributed by atoms with Crippen molar-refractivity contribution in [3.8, 4) is 11.5 Å². The number of rotatable bonds is 7. The van der Waals surface area contributed by atoms with Crippen LogP contribution in [-0.2, 0) is 0 Å². The van der Waals surface area contributed by atoms with Gasteiger partial charge in [-0.1, -0.05) is 72.3 Å². The molecule has 0 saturated heterocycles. The van der Waals surface area contributed by atoms with Crippen molar-refractivity contribution in [3.05, 3.63) is 119 Å². The molecule has 0 N–H and O–H groups in total. The van der Waals surface area contributed by atoms with E-state index in [-0.39, 0.29) is 0 Å². The summed E-state index contributed by atoms with van der Waals surface area (Å²) >= 11 is 6.16. The van der Waals surface area contributed by atoms with E-state index in [9.17, 15) is 0 Å². The highest BCUT2D eigenvalue weighted by Gasteiger charge is 2.16. The first kappa shape index (κ1) is 21.5. The maximum absolute atomic E-state index is 6.16. The summed E-state index contributed by atoms with van der Waals surface area (Å²) in [5, 5.41) is 7.67. The second kappa shape index (κ2) is 10.0. The molecule has 0 spiro atoms. The molecule has 0 saturated carbocycles. The zero-order valence-corrected chi connectivity index (χ0v) is 18.7. The number of benzene rings is 4. The van der Waals surface area contributed by atoms with Crippen molar-refractivity contribution in [1.29, 1.82) is 0 Å². The van der Waals surface area contributed by atoms with Crippen molar-refractivity contribution in [2.75, 3.05) is 19.2 Å². The molecule has 0 bridgehead atoms. The van der Waals surface area contributed by atoms with Gasteiger partial charge in [-0.3, -0.25) is 0 Å². The summed E-state index contributed by atoms with van der Waals surface area (Å²) in [4.78, 5) is 0. The minimum atomic E-state index is 0.625. The van der Waals surface area contributed by atoms with Gasteiger partial charge >= 0.3 is 0 Å². The lowest BCUT2D eigenvalue weighted by Gasteiger charge is -2.23. The van der Waals surface area contributed by atoms with E-state index < -0.39 is 0 Å². The van der Waals surface area contributed by atoms with Crippen LogP contribution in [0.25, 0.3) is 0 Å². The molecule has 5 heteroatoms. The van der Waals surface area contributed by atoms with Crippen LogP contribution in [0.5, 0.6) is 11.5 Å². The van der Waals surface area contributed by atoms with Crippen LogP contribution in [0, 0.1) is 0 Å². The van der Waals surface area contributed by atoms with Gasteiger partial charge in [0, 0.05) is 22.2 Å². The van der Waals surface area contributed by atoms with Crippen molar-refractivity contribution < 1.29 is 9.47 Å². The highest BCUT2D eigenvalue weighted by molar-refractivity contribution is 6.30. The standard InChI is InChI=1S/C27H23ClN2O2/c1-31-25-18-17-24(19-26(25)32-2)30(23-15-13-22(28)14-16-23)29-27(20-9-5-3-6-10-20)21-11-7-4-8-12-21/h3-19H,1-2H3. The molecule has 0 aromatic heterocycles. The average Bonchev–Trinajstić information content (AvgIpc) is 2.86. The monoisotopic (exact) mass is 442 g/mol. The summed E-state index contributed by atoms with van der Waals surface area (Å²) in [7, 11) is 3.24. The lowest BCUT2D eigenvalue weighted by Crippen LogP contribution is -2.15. The maximum atomic E-state index is 6.16. The Balaban J connectivity index is 1.92. The zero-order chi connectivity index (χ0) is 22.3. The Kier molecular flexibility index (Phi) is 6.73. The molecule has 32 heavy (non-hydrogen) atoms. The van der Waals surface area contributed by atoms with Gasteiger partial charge in [-0.05, 0) is 36.4 Å². The Bertz CT molecular complexity index is 1150. The Hall–Kier alpha value is -3.76. The number of halogens is 1. The SMILES string of the molecule is COc1ccc(N(N=C(c2ccccc2)c2ccccc2)c2ccc(Cl)cc2)cc1OC. The van der Waals surface area contributed by atoms with Crippen LogP contribution in [0.1, 0.15) is 11.1 Å². The molecule has 4 aromatic carbocycles.